The highest BCUT2D eigenvalue weighted by atomic mass is 32.2. The maximum absolute atomic E-state index is 13.6. The summed E-state index contributed by atoms with van der Waals surface area (Å²) in [6.45, 7) is 12.3. The van der Waals surface area contributed by atoms with Crippen molar-refractivity contribution in [1.82, 2.24) is 24.1 Å². The van der Waals surface area contributed by atoms with Gasteiger partial charge in [0.25, 0.3) is 5.56 Å². The molecule has 1 amide bonds. The zero-order valence-corrected chi connectivity index (χ0v) is 21.3. The van der Waals surface area contributed by atoms with Crippen molar-refractivity contribution < 1.29 is 4.79 Å². The largest absolute Gasteiger partial charge is 0.337 e. The molecular formula is C26H31N5O2S. The van der Waals surface area contributed by atoms with Crippen molar-refractivity contribution in [3.8, 4) is 5.69 Å². The average molecular weight is 478 g/mol. The third kappa shape index (κ3) is 4.22. The molecule has 0 bridgehead atoms. The Kier molecular flexibility index (Phi) is 6.79. The highest BCUT2D eigenvalue weighted by Crippen LogP contribution is 2.27. The minimum Gasteiger partial charge on any atom is -0.337 e. The van der Waals surface area contributed by atoms with Crippen molar-refractivity contribution in [2.24, 2.45) is 0 Å². The summed E-state index contributed by atoms with van der Waals surface area (Å²) in [7, 11) is 0. The standard InChI is InChI=1S/C26H31N5O2S/c1-16(2)19-11-7-9-13-21(19)30-24(33)20-12-8-10-14-22(20)31-25(30)27-28-26(31)34-15-23(32)29(17(3)4)18(5)6/h7-14,16-18H,15H2,1-6H3. The fourth-order valence-electron chi connectivity index (χ4n) is 4.54. The van der Waals surface area contributed by atoms with E-state index in [1.165, 1.54) is 11.8 Å². The molecule has 2 aromatic carbocycles. The van der Waals surface area contributed by atoms with Crippen LogP contribution in [0, 0.1) is 0 Å². The average Bonchev–Trinajstić information content (AvgIpc) is 3.21. The van der Waals surface area contributed by atoms with E-state index >= 15 is 0 Å². The van der Waals surface area contributed by atoms with E-state index in [0.29, 0.717) is 16.3 Å². The quantitative estimate of drug-likeness (QED) is 0.354. The van der Waals surface area contributed by atoms with Gasteiger partial charge in [-0.3, -0.25) is 14.0 Å². The molecule has 34 heavy (non-hydrogen) atoms. The van der Waals surface area contributed by atoms with Gasteiger partial charge in [-0.1, -0.05) is 55.9 Å². The van der Waals surface area contributed by atoms with Crippen LogP contribution in [-0.2, 0) is 4.79 Å². The Morgan fingerprint density at radius 1 is 0.941 bits per heavy atom. The molecule has 0 spiro atoms. The number of amides is 1. The Balaban J connectivity index is 1.89. The van der Waals surface area contributed by atoms with Gasteiger partial charge in [-0.2, -0.15) is 0 Å². The SMILES string of the molecule is CC(C)c1ccccc1-n1c(=O)c2ccccc2n2c(SCC(=O)N(C(C)C)C(C)C)nnc12. The summed E-state index contributed by atoms with van der Waals surface area (Å²) >= 11 is 1.35. The molecule has 178 valence electrons. The van der Waals surface area contributed by atoms with Gasteiger partial charge in [0.05, 0.1) is 22.3 Å². The monoisotopic (exact) mass is 477 g/mol. The van der Waals surface area contributed by atoms with Crippen molar-refractivity contribution in [1.29, 1.82) is 0 Å². The van der Waals surface area contributed by atoms with Gasteiger partial charge >= 0.3 is 0 Å². The molecule has 0 saturated heterocycles. The highest BCUT2D eigenvalue weighted by Gasteiger charge is 2.23. The lowest BCUT2D eigenvalue weighted by Gasteiger charge is -2.30. The van der Waals surface area contributed by atoms with Crippen molar-refractivity contribution in [2.45, 2.75) is 64.7 Å². The lowest BCUT2D eigenvalue weighted by Crippen LogP contribution is -2.43. The first kappa shape index (κ1) is 24.0. The van der Waals surface area contributed by atoms with Gasteiger partial charge in [-0.15, -0.1) is 10.2 Å². The fourth-order valence-corrected chi connectivity index (χ4v) is 5.35. The summed E-state index contributed by atoms with van der Waals surface area (Å²) in [6.07, 6.45) is 0. The molecule has 0 aliphatic carbocycles. The number of nitrogens with zero attached hydrogens (tertiary/aromatic N) is 5. The molecule has 0 radical (unpaired) electrons. The summed E-state index contributed by atoms with van der Waals surface area (Å²) < 4.78 is 3.53. The van der Waals surface area contributed by atoms with Gasteiger partial charge in [-0.05, 0) is 57.4 Å². The molecule has 4 aromatic rings. The molecule has 4 rings (SSSR count). The first-order valence-corrected chi connectivity index (χ1v) is 12.6. The van der Waals surface area contributed by atoms with Crippen molar-refractivity contribution in [3.05, 3.63) is 64.4 Å². The zero-order valence-electron chi connectivity index (χ0n) is 20.5. The topological polar surface area (TPSA) is 72.5 Å². The third-order valence-corrected chi connectivity index (χ3v) is 6.83. The number of carbonyl (C=O) groups excluding carboxylic acids is 1. The maximum Gasteiger partial charge on any atom is 0.267 e. The van der Waals surface area contributed by atoms with E-state index in [2.05, 4.69) is 24.0 Å². The summed E-state index contributed by atoms with van der Waals surface area (Å²) in [5, 5.41) is 10.0. The second-order valence-corrected chi connectivity index (χ2v) is 10.2. The van der Waals surface area contributed by atoms with Gasteiger partial charge in [0.1, 0.15) is 0 Å². The van der Waals surface area contributed by atoms with Crippen molar-refractivity contribution in [3.63, 3.8) is 0 Å². The van der Waals surface area contributed by atoms with Crippen LogP contribution in [0.4, 0.5) is 0 Å². The molecule has 2 heterocycles. The number of para-hydroxylation sites is 2. The maximum atomic E-state index is 13.6. The Morgan fingerprint density at radius 3 is 2.26 bits per heavy atom. The first-order valence-electron chi connectivity index (χ1n) is 11.6. The number of fused-ring (bicyclic) bond motifs is 3. The predicted molar refractivity (Wildman–Crippen MR) is 138 cm³/mol. The Labute approximate surface area is 203 Å². The zero-order chi connectivity index (χ0) is 24.6. The number of hydrogen-bond donors (Lipinski definition) is 0. The lowest BCUT2D eigenvalue weighted by molar-refractivity contribution is -0.131. The van der Waals surface area contributed by atoms with Crippen LogP contribution in [0.3, 0.4) is 0 Å². The molecule has 2 aromatic heterocycles. The predicted octanol–water partition coefficient (Wildman–Crippen LogP) is 4.89. The summed E-state index contributed by atoms with van der Waals surface area (Å²) in [4.78, 5) is 28.5. The second kappa shape index (κ2) is 9.62. The van der Waals surface area contributed by atoms with E-state index < -0.39 is 0 Å². The molecule has 0 aliphatic heterocycles. The molecule has 0 unspecified atom stereocenters. The van der Waals surface area contributed by atoms with Crippen LogP contribution in [0.2, 0.25) is 0 Å². The fraction of sp³-hybridized carbons (Fsp3) is 0.385. The molecule has 0 saturated carbocycles. The molecule has 0 N–H and O–H groups in total. The molecule has 7 nitrogen and oxygen atoms in total. The van der Waals surface area contributed by atoms with Crippen molar-refractivity contribution in [2.75, 3.05) is 5.75 Å². The molecular weight excluding hydrogens is 446 g/mol. The van der Waals surface area contributed by atoms with E-state index in [4.69, 9.17) is 0 Å². The van der Waals surface area contributed by atoms with E-state index in [0.717, 1.165) is 16.8 Å². The molecule has 0 fully saturated rings. The van der Waals surface area contributed by atoms with Gasteiger partial charge in [0, 0.05) is 12.1 Å². The number of aromatic nitrogens is 4. The van der Waals surface area contributed by atoms with Crippen LogP contribution in [0.1, 0.15) is 53.0 Å². The number of benzene rings is 2. The Hall–Kier alpha value is -3.13. The van der Waals surface area contributed by atoms with E-state index in [9.17, 15) is 9.59 Å². The minimum atomic E-state index is -0.137. The number of hydrogen-bond acceptors (Lipinski definition) is 5. The third-order valence-electron chi connectivity index (χ3n) is 5.92. The molecule has 0 atom stereocenters. The number of carbonyl (C=O) groups is 1. The normalized spacial score (nSPS) is 11.9. The van der Waals surface area contributed by atoms with Crippen LogP contribution in [0.15, 0.2) is 58.5 Å². The van der Waals surface area contributed by atoms with Gasteiger partial charge < -0.3 is 4.90 Å². The van der Waals surface area contributed by atoms with Gasteiger partial charge in [0.2, 0.25) is 11.7 Å². The molecule has 8 heteroatoms. The van der Waals surface area contributed by atoms with E-state index in [1.807, 2.05) is 85.5 Å². The van der Waals surface area contributed by atoms with Crippen LogP contribution in [0.25, 0.3) is 22.4 Å². The van der Waals surface area contributed by atoms with E-state index in [-0.39, 0.29) is 35.2 Å². The number of thioether (sulfide) groups is 1. The van der Waals surface area contributed by atoms with E-state index in [1.54, 1.807) is 4.57 Å². The van der Waals surface area contributed by atoms with Gasteiger partial charge in [-0.25, -0.2) is 4.57 Å². The van der Waals surface area contributed by atoms with Crippen LogP contribution in [-0.4, -0.2) is 47.8 Å². The smallest absolute Gasteiger partial charge is 0.267 e. The second-order valence-electron chi connectivity index (χ2n) is 9.27. The van der Waals surface area contributed by atoms with Crippen LogP contribution >= 0.6 is 11.8 Å². The lowest BCUT2D eigenvalue weighted by atomic mass is 10.0. The summed E-state index contributed by atoms with van der Waals surface area (Å²) in [5.41, 5.74) is 2.44. The number of rotatable bonds is 7. The summed E-state index contributed by atoms with van der Waals surface area (Å²) in [6, 6.07) is 15.6. The van der Waals surface area contributed by atoms with Crippen molar-refractivity contribution >= 4 is 34.3 Å². The first-order chi connectivity index (χ1) is 16.2. The summed E-state index contributed by atoms with van der Waals surface area (Å²) in [5.74, 6) is 0.959. The van der Waals surface area contributed by atoms with Gasteiger partial charge in [0.15, 0.2) is 5.16 Å². The molecule has 0 aliphatic rings. The minimum absolute atomic E-state index is 0.0505. The van der Waals surface area contributed by atoms with Crippen LogP contribution < -0.4 is 5.56 Å². The highest BCUT2D eigenvalue weighted by molar-refractivity contribution is 7.99. The Morgan fingerprint density at radius 2 is 1.59 bits per heavy atom. The van der Waals surface area contributed by atoms with Crippen LogP contribution in [0.5, 0.6) is 0 Å². The Bertz CT molecular complexity index is 1400.